The van der Waals surface area contributed by atoms with Gasteiger partial charge in [0.05, 0.1) is 0 Å². The van der Waals surface area contributed by atoms with Gasteiger partial charge in [0.25, 0.3) is 0 Å². The molecule has 1 aromatic rings. The van der Waals surface area contributed by atoms with Crippen molar-refractivity contribution in [3.8, 4) is 0 Å². The summed E-state index contributed by atoms with van der Waals surface area (Å²) in [5.41, 5.74) is 3.19. The number of rotatable bonds is 2. The van der Waals surface area contributed by atoms with Crippen molar-refractivity contribution in [2.45, 2.75) is 44.9 Å². The first-order valence-electron chi connectivity index (χ1n) is 7.09. The Kier molecular flexibility index (Phi) is 4.87. The highest BCUT2D eigenvalue weighted by molar-refractivity contribution is 6.30. The fourth-order valence-corrected chi connectivity index (χ4v) is 2.99. The van der Waals surface area contributed by atoms with Crippen LogP contribution < -0.4 is 0 Å². The van der Waals surface area contributed by atoms with Crippen LogP contribution in [-0.2, 0) is 4.79 Å². The Morgan fingerprint density at radius 1 is 1.16 bits per heavy atom. The van der Waals surface area contributed by atoms with E-state index < -0.39 is 5.38 Å². The smallest absolute Gasteiger partial charge is 0.245 e. The minimum absolute atomic E-state index is 0.0669. The number of hydrogen-bond donors (Lipinski definition) is 0. The highest BCUT2D eigenvalue weighted by Crippen LogP contribution is 2.28. The van der Waals surface area contributed by atoms with Crippen LogP contribution in [0.5, 0.6) is 0 Å². The molecule has 0 spiro atoms. The summed E-state index contributed by atoms with van der Waals surface area (Å²) < 4.78 is 0. The summed E-state index contributed by atoms with van der Waals surface area (Å²) in [5, 5.41) is -0.544. The number of nitrogens with zero attached hydrogens (tertiary/aromatic N) is 1. The third-order valence-corrected chi connectivity index (χ3v) is 4.26. The van der Waals surface area contributed by atoms with Crippen molar-refractivity contribution in [3.63, 3.8) is 0 Å². The molecule has 1 saturated heterocycles. The molecule has 1 fully saturated rings. The second kappa shape index (κ2) is 6.42. The van der Waals surface area contributed by atoms with Gasteiger partial charge in [-0.1, -0.05) is 36.6 Å². The van der Waals surface area contributed by atoms with Crippen LogP contribution in [0.15, 0.2) is 18.2 Å². The lowest BCUT2D eigenvalue weighted by Gasteiger charge is -2.24. The Morgan fingerprint density at radius 2 is 1.79 bits per heavy atom. The molecule has 0 radical (unpaired) electrons. The molecule has 2 rings (SSSR count). The molecule has 0 aliphatic carbocycles. The van der Waals surface area contributed by atoms with Crippen molar-refractivity contribution >= 4 is 17.5 Å². The average molecular weight is 280 g/mol. The monoisotopic (exact) mass is 279 g/mol. The number of aryl methyl sites for hydroxylation is 2. The van der Waals surface area contributed by atoms with E-state index in [0.29, 0.717) is 0 Å². The predicted octanol–water partition coefficient (Wildman–Crippen LogP) is 3.99. The molecule has 1 aliphatic heterocycles. The Bertz CT molecular complexity index is 450. The van der Waals surface area contributed by atoms with E-state index in [1.54, 1.807) is 0 Å². The topological polar surface area (TPSA) is 20.3 Å². The summed E-state index contributed by atoms with van der Waals surface area (Å²) in [6, 6.07) is 6.12. The van der Waals surface area contributed by atoms with Crippen LogP contribution in [0.25, 0.3) is 0 Å². The predicted molar refractivity (Wildman–Crippen MR) is 79.6 cm³/mol. The van der Waals surface area contributed by atoms with Crippen molar-refractivity contribution < 1.29 is 4.79 Å². The molecule has 1 unspecified atom stereocenters. The summed E-state index contributed by atoms with van der Waals surface area (Å²) in [6.07, 6.45) is 4.64. The minimum atomic E-state index is -0.544. The molecular formula is C16H22ClNO. The molecular weight excluding hydrogens is 258 g/mol. The van der Waals surface area contributed by atoms with E-state index in [4.69, 9.17) is 11.6 Å². The van der Waals surface area contributed by atoms with Crippen LogP contribution in [0.1, 0.15) is 47.8 Å². The molecule has 0 N–H and O–H groups in total. The highest BCUT2D eigenvalue weighted by Gasteiger charge is 2.25. The van der Waals surface area contributed by atoms with Gasteiger partial charge in [-0.25, -0.2) is 0 Å². The van der Waals surface area contributed by atoms with Gasteiger partial charge in [-0.05, 0) is 37.8 Å². The zero-order valence-corrected chi connectivity index (χ0v) is 12.5. The van der Waals surface area contributed by atoms with Crippen LogP contribution in [-0.4, -0.2) is 23.9 Å². The van der Waals surface area contributed by atoms with Crippen LogP contribution >= 0.6 is 11.6 Å². The molecule has 0 saturated carbocycles. The van der Waals surface area contributed by atoms with Gasteiger partial charge in [0, 0.05) is 13.1 Å². The van der Waals surface area contributed by atoms with Crippen molar-refractivity contribution in [1.82, 2.24) is 4.90 Å². The van der Waals surface area contributed by atoms with E-state index in [9.17, 15) is 4.79 Å². The number of carbonyl (C=O) groups is 1. The summed E-state index contributed by atoms with van der Waals surface area (Å²) in [6.45, 7) is 5.75. The number of halogens is 1. The third kappa shape index (κ3) is 3.50. The van der Waals surface area contributed by atoms with Crippen LogP contribution in [0, 0.1) is 13.8 Å². The molecule has 3 heteroatoms. The molecule has 2 nitrogen and oxygen atoms in total. The number of hydrogen-bond acceptors (Lipinski definition) is 1. The number of carbonyl (C=O) groups excluding carboxylic acids is 1. The summed E-state index contributed by atoms with van der Waals surface area (Å²) >= 11 is 6.43. The zero-order valence-electron chi connectivity index (χ0n) is 11.8. The lowest BCUT2D eigenvalue weighted by molar-refractivity contribution is -0.130. The van der Waals surface area contributed by atoms with Crippen molar-refractivity contribution in [2.75, 3.05) is 13.1 Å². The van der Waals surface area contributed by atoms with Crippen molar-refractivity contribution in [1.29, 1.82) is 0 Å². The van der Waals surface area contributed by atoms with Gasteiger partial charge in [-0.2, -0.15) is 0 Å². The van der Waals surface area contributed by atoms with Crippen molar-refractivity contribution in [3.05, 3.63) is 34.9 Å². The Morgan fingerprint density at radius 3 is 2.42 bits per heavy atom. The lowest BCUT2D eigenvalue weighted by Crippen LogP contribution is -2.34. The second-order valence-corrected chi connectivity index (χ2v) is 5.90. The zero-order chi connectivity index (χ0) is 13.8. The van der Waals surface area contributed by atoms with Gasteiger partial charge in [-0.15, -0.1) is 11.6 Å². The van der Waals surface area contributed by atoms with E-state index in [2.05, 4.69) is 6.07 Å². The first kappa shape index (κ1) is 14.4. The molecule has 1 amide bonds. The fourth-order valence-electron chi connectivity index (χ4n) is 2.62. The summed E-state index contributed by atoms with van der Waals surface area (Å²) in [4.78, 5) is 14.4. The standard InChI is InChI=1S/C16H22ClNO/c1-12-7-8-13(2)14(11-12)15(17)16(19)18-9-5-3-4-6-10-18/h7-8,11,15H,3-6,9-10H2,1-2H3. The van der Waals surface area contributed by atoms with E-state index in [1.807, 2.05) is 30.9 Å². The molecule has 1 heterocycles. The molecule has 1 aromatic carbocycles. The number of alkyl halides is 1. The minimum Gasteiger partial charge on any atom is -0.341 e. The molecule has 104 valence electrons. The van der Waals surface area contributed by atoms with E-state index in [-0.39, 0.29) is 5.91 Å². The second-order valence-electron chi connectivity index (χ2n) is 5.46. The van der Waals surface area contributed by atoms with Crippen LogP contribution in [0.4, 0.5) is 0 Å². The molecule has 1 atom stereocenters. The van der Waals surface area contributed by atoms with Gasteiger partial charge in [0.15, 0.2) is 0 Å². The number of likely N-dealkylation sites (tertiary alicyclic amines) is 1. The van der Waals surface area contributed by atoms with Crippen molar-refractivity contribution in [2.24, 2.45) is 0 Å². The van der Waals surface area contributed by atoms with Gasteiger partial charge >= 0.3 is 0 Å². The van der Waals surface area contributed by atoms with Gasteiger partial charge < -0.3 is 4.90 Å². The van der Waals surface area contributed by atoms with Gasteiger partial charge in [-0.3, -0.25) is 4.79 Å². The Balaban J connectivity index is 2.15. The summed E-state index contributed by atoms with van der Waals surface area (Å²) in [7, 11) is 0. The van der Waals surface area contributed by atoms with Gasteiger partial charge in [0.1, 0.15) is 5.38 Å². The fraction of sp³-hybridized carbons (Fsp3) is 0.562. The van der Waals surface area contributed by atoms with Gasteiger partial charge in [0.2, 0.25) is 5.91 Å². The molecule has 0 bridgehead atoms. The molecule has 1 aliphatic rings. The average Bonchev–Trinajstić information content (AvgIpc) is 2.69. The number of amides is 1. The Labute approximate surface area is 120 Å². The largest absolute Gasteiger partial charge is 0.341 e. The molecule has 19 heavy (non-hydrogen) atoms. The highest BCUT2D eigenvalue weighted by atomic mass is 35.5. The Hall–Kier alpha value is -1.02. The lowest BCUT2D eigenvalue weighted by atomic mass is 10.0. The summed E-state index contributed by atoms with van der Waals surface area (Å²) in [5.74, 6) is 0.0669. The van der Waals surface area contributed by atoms with E-state index >= 15 is 0 Å². The first-order valence-corrected chi connectivity index (χ1v) is 7.53. The maximum atomic E-state index is 12.5. The molecule has 0 aromatic heterocycles. The normalized spacial score (nSPS) is 17.9. The first-order chi connectivity index (χ1) is 9.09. The van der Waals surface area contributed by atoms with Crippen LogP contribution in [0.2, 0.25) is 0 Å². The maximum absolute atomic E-state index is 12.5. The SMILES string of the molecule is Cc1ccc(C)c(C(Cl)C(=O)N2CCCCCC2)c1. The van der Waals surface area contributed by atoms with E-state index in [1.165, 1.54) is 12.8 Å². The maximum Gasteiger partial charge on any atom is 0.245 e. The number of benzene rings is 1. The third-order valence-electron chi connectivity index (χ3n) is 3.84. The van der Waals surface area contributed by atoms with Crippen LogP contribution in [0.3, 0.4) is 0 Å². The quantitative estimate of drug-likeness (QED) is 0.750. The van der Waals surface area contributed by atoms with E-state index in [0.717, 1.165) is 42.6 Å².